The van der Waals surface area contributed by atoms with Gasteiger partial charge >= 0.3 is 5.76 Å². The SMILES string of the molecule is Cn1c(=O)oc2ccc(S(=O)(=O)Cl)c(F)c21. The monoisotopic (exact) mass is 265 g/mol. The number of halogens is 2. The molecule has 2 rings (SSSR count). The highest BCUT2D eigenvalue weighted by atomic mass is 35.7. The second-order valence-electron chi connectivity index (χ2n) is 3.09. The Bertz CT molecular complexity index is 730. The molecule has 1 heterocycles. The van der Waals surface area contributed by atoms with E-state index < -0.39 is 25.5 Å². The van der Waals surface area contributed by atoms with Crippen molar-refractivity contribution in [3.05, 3.63) is 28.5 Å². The number of aryl methyl sites for hydroxylation is 1. The Morgan fingerprint density at radius 2 is 2.06 bits per heavy atom. The molecule has 16 heavy (non-hydrogen) atoms. The summed E-state index contributed by atoms with van der Waals surface area (Å²) < 4.78 is 41.3. The molecule has 0 aliphatic heterocycles. The van der Waals surface area contributed by atoms with Gasteiger partial charge in [-0.3, -0.25) is 4.57 Å². The Morgan fingerprint density at radius 1 is 1.44 bits per heavy atom. The third-order valence-corrected chi connectivity index (χ3v) is 3.45. The van der Waals surface area contributed by atoms with Gasteiger partial charge in [0.25, 0.3) is 9.05 Å². The lowest BCUT2D eigenvalue weighted by atomic mass is 10.3. The van der Waals surface area contributed by atoms with Crippen molar-refractivity contribution in [1.29, 1.82) is 0 Å². The van der Waals surface area contributed by atoms with Gasteiger partial charge in [0.2, 0.25) is 0 Å². The van der Waals surface area contributed by atoms with Crippen LogP contribution in [-0.2, 0) is 16.1 Å². The molecule has 0 amide bonds. The molecule has 1 aromatic carbocycles. The average molecular weight is 266 g/mol. The molecule has 0 fully saturated rings. The predicted octanol–water partition coefficient (Wildman–Crippen LogP) is 1.20. The molecule has 0 saturated heterocycles. The largest absolute Gasteiger partial charge is 0.419 e. The molecule has 2 aromatic rings. The summed E-state index contributed by atoms with van der Waals surface area (Å²) in [4.78, 5) is 10.4. The van der Waals surface area contributed by atoms with E-state index in [0.29, 0.717) is 0 Å². The van der Waals surface area contributed by atoms with Crippen LogP contribution >= 0.6 is 10.7 Å². The molecule has 0 unspecified atom stereocenters. The van der Waals surface area contributed by atoms with Crippen molar-refractivity contribution in [1.82, 2.24) is 4.57 Å². The normalized spacial score (nSPS) is 12.2. The summed E-state index contributed by atoms with van der Waals surface area (Å²) in [5.41, 5.74) is -0.263. The lowest BCUT2D eigenvalue weighted by Gasteiger charge is -1.99. The van der Waals surface area contributed by atoms with Crippen LogP contribution in [0.25, 0.3) is 11.1 Å². The summed E-state index contributed by atoms with van der Waals surface area (Å²) in [5.74, 6) is -1.88. The number of oxazole rings is 1. The van der Waals surface area contributed by atoms with E-state index in [-0.39, 0.29) is 11.1 Å². The highest BCUT2D eigenvalue weighted by Crippen LogP contribution is 2.25. The van der Waals surface area contributed by atoms with E-state index >= 15 is 0 Å². The summed E-state index contributed by atoms with van der Waals surface area (Å²) in [6.45, 7) is 0. The fraction of sp³-hybridized carbons (Fsp3) is 0.125. The quantitative estimate of drug-likeness (QED) is 0.727. The van der Waals surface area contributed by atoms with Crippen LogP contribution in [-0.4, -0.2) is 13.0 Å². The maximum atomic E-state index is 13.8. The number of aromatic nitrogens is 1. The number of fused-ring (bicyclic) bond motifs is 1. The highest BCUT2D eigenvalue weighted by Gasteiger charge is 2.21. The minimum atomic E-state index is -4.19. The standard InChI is InChI=1S/C8H5ClFNO4S/c1-11-7-4(15-8(11)12)2-3-5(6(7)10)16(9,13)14/h2-3H,1H3. The fourth-order valence-electron chi connectivity index (χ4n) is 1.37. The Hall–Kier alpha value is -1.34. The summed E-state index contributed by atoms with van der Waals surface area (Å²) in [6.07, 6.45) is 0. The van der Waals surface area contributed by atoms with Crippen molar-refractivity contribution >= 4 is 30.8 Å². The van der Waals surface area contributed by atoms with Crippen LogP contribution in [0.15, 0.2) is 26.2 Å². The van der Waals surface area contributed by atoms with E-state index in [4.69, 9.17) is 10.7 Å². The maximum absolute atomic E-state index is 13.8. The molecule has 0 bridgehead atoms. The van der Waals surface area contributed by atoms with Gasteiger partial charge in [-0.1, -0.05) is 0 Å². The zero-order chi connectivity index (χ0) is 12.1. The molecule has 0 spiro atoms. The summed E-state index contributed by atoms with van der Waals surface area (Å²) in [6, 6.07) is 2.12. The first-order chi connectivity index (χ1) is 7.32. The Morgan fingerprint density at radius 3 is 2.62 bits per heavy atom. The van der Waals surface area contributed by atoms with Gasteiger partial charge in [0.1, 0.15) is 10.4 Å². The molecule has 0 saturated carbocycles. The molecule has 1 aromatic heterocycles. The van der Waals surface area contributed by atoms with Gasteiger partial charge < -0.3 is 4.42 Å². The van der Waals surface area contributed by atoms with Crippen LogP contribution in [0.3, 0.4) is 0 Å². The zero-order valence-corrected chi connectivity index (χ0v) is 9.47. The lowest BCUT2D eigenvalue weighted by Crippen LogP contribution is -2.09. The van der Waals surface area contributed by atoms with Gasteiger partial charge in [0, 0.05) is 17.7 Å². The molecule has 0 radical (unpaired) electrons. The van der Waals surface area contributed by atoms with Crippen molar-refractivity contribution in [2.75, 3.05) is 0 Å². The van der Waals surface area contributed by atoms with Crippen LogP contribution in [0, 0.1) is 5.82 Å². The van der Waals surface area contributed by atoms with Gasteiger partial charge in [0.15, 0.2) is 11.4 Å². The molecule has 0 atom stereocenters. The number of rotatable bonds is 1. The van der Waals surface area contributed by atoms with Crippen LogP contribution in [0.4, 0.5) is 4.39 Å². The maximum Gasteiger partial charge on any atom is 0.419 e. The van der Waals surface area contributed by atoms with Crippen molar-refractivity contribution in [3.63, 3.8) is 0 Å². The van der Waals surface area contributed by atoms with Crippen LogP contribution in [0.1, 0.15) is 0 Å². The first-order valence-electron chi connectivity index (χ1n) is 4.05. The van der Waals surface area contributed by atoms with Gasteiger partial charge in [0.05, 0.1) is 0 Å². The second kappa shape index (κ2) is 3.33. The molecule has 86 valence electrons. The van der Waals surface area contributed by atoms with Crippen molar-refractivity contribution in [2.24, 2.45) is 7.05 Å². The predicted molar refractivity (Wildman–Crippen MR) is 54.5 cm³/mol. The van der Waals surface area contributed by atoms with E-state index in [9.17, 15) is 17.6 Å². The van der Waals surface area contributed by atoms with E-state index in [1.807, 2.05) is 0 Å². The third kappa shape index (κ3) is 1.52. The Kier molecular flexibility index (Phi) is 2.32. The van der Waals surface area contributed by atoms with Crippen molar-refractivity contribution in [3.8, 4) is 0 Å². The minimum absolute atomic E-state index is 0.0333. The molecule has 0 aliphatic carbocycles. The topological polar surface area (TPSA) is 69.3 Å². The fourth-order valence-corrected chi connectivity index (χ4v) is 2.26. The average Bonchev–Trinajstić information content (AvgIpc) is 2.41. The highest BCUT2D eigenvalue weighted by molar-refractivity contribution is 8.13. The first-order valence-corrected chi connectivity index (χ1v) is 6.36. The van der Waals surface area contributed by atoms with Crippen molar-refractivity contribution < 1.29 is 17.2 Å². The van der Waals surface area contributed by atoms with Gasteiger partial charge in [-0.05, 0) is 12.1 Å². The first kappa shape index (κ1) is 11.2. The number of benzene rings is 1. The van der Waals surface area contributed by atoms with E-state index in [1.54, 1.807) is 0 Å². The van der Waals surface area contributed by atoms with Crippen LogP contribution < -0.4 is 5.76 Å². The Labute approximate surface area is 93.5 Å². The number of hydrogen-bond acceptors (Lipinski definition) is 4. The second-order valence-corrected chi connectivity index (χ2v) is 5.62. The van der Waals surface area contributed by atoms with Crippen molar-refractivity contribution in [2.45, 2.75) is 4.90 Å². The van der Waals surface area contributed by atoms with Crippen LogP contribution in [0.5, 0.6) is 0 Å². The summed E-state index contributed by atoms with van der Waals surface area (Å²) >= 11 is 0. The van der Waals surface area contributed by atoms with E-state index in [2.05, 4.69) is 4.42 Å². The smallest absolute Gasteiger partial charge is 0.408 e. The molecule has 8 heteroatoms. The molecular formula is C8H5ClFNO4S. The molecular weight excluding hydrogens is 261 g/mol. The minimum Gasteiger partial charge on any atom is -0.408 e. The summed E-state index contributed by atoms with van der Waals surface area (Å²) in [5, 5.41) is 0. The number of nitrogens with zero attached hydrogens (tertiary/aromatic N) is 1. The van der Waals surface area contributed by atoms with Crippen LogP contribution in [0.2, 0.25) is 0 Å². The van der Waals surface area contributed by atoms with E-state index in [0.717, 1.165) is 10.6 Å². The molecule has 0 N–H and O–H groups in total. The van der Waals surface area contributed by atoms with E-state index in [1.165, 1.54) is 13.1 Å². The van der Waals surface area contributed by atoms with Gasteiger partial charge in [-0.15, -0.1) is 0 Å². The molecule has 0 aliphatic rings. The Balaban J connectivity index is 3.00. The van der Waals surface area contributed by atoms with Gasteiger partial charge in [-0.2, -0.15) is 0 Å². The molecule has 5 nitrogen and oxygen atoms in total. The van der Waals surface area contributed by atoms with Gasteiger partial charge in [-0.25, -0.2) is 17.6 Å². The lowest BCUT2D eigenvalue weighted by molar-refractivity contribution is 0.527. The zero-order valence-electron chi connectivity index (χ0n) is 7.90. The third-order valence-electron chi connectivity index (χ3n) is 2.11. The summed E-state index contributed by atoms with van der Waals surface area (Å²) in [7, 11) is 2.11. The number of hydrogen-bond donors (Lipinski definition) is 0.